The molecule has 158 valence electrons. The molecule has 2 aromatic heterocycles. The summed E-state index contributed by atoms with van der Waals surface area (Å²) < 4.78 is 13.0. The summed E-state index contributed by atoms with van der Waals surface area (Å²) in [6.07, 6.45) is 2.37. The van der Waals surface area contributed by atoms with Gasteiger partial charge in [0.15, 0.2) is 23.2 Å². The lowest BCUT2D eigenvalue weighted by Gasteiger charge is -2.20. The molecule has 0 spiro atoms. The Balaban J connectivity index is 1.39. The van der Waals surface area contributed by atoms with E-state index < -0.39 is 24.5 Å². The van der Waals surface area contributed by atoms with E-state index in [0.29, 0.717) is 22.9 Å². The quantitative estimate of drug-likeness (QED) is 0.555. The summed E-state index contributed by atoms with van der Waals surface area (Å²) in [5.41, 5.74) is 4.02. The highest BCUT2D eigenvalue weighted by Gasteiger charge is 2.45. The Morgan fingerprint density at radius 3 is 2.97 bits per heavy atom. The Bertz CT molecular complexity index is 1040. The van der Waals surface area contributed by atoms with Crippen molar-refractivity contribution in [1.29, 1.82) is 0 Å². The van der Waals surface area contributed by atoms with E-state index in [9.17, 15) is 10.2 Å². The van der Waals surface area contributed by atoms with Crippen molar-refractivity contribution in [2.45, 2.75) is 43.3 Å². The molecule has 1 aliphatic carbocycles. The van der Waals surface area contributed by atoms with Crippen molar-refractivity contribution in [2.75, 3.05) is 25.6 Å². The summed E-state index contributed by atoms with van der Waals surface area (Å²) in [6.45, 7) is 0.469. The molecule has 1 saturated heterocycles. The van der Waals surface area contributed by atoms with Gasteiger partial charge in [0.2, 0.25) is 0 Å². The fourth-order valence-corrected chi connectivity index (χ4v) is 4.59. The van der Waals surface area contributed by atoms with E-state index in [1.54, 1.807) is 10.9 Å². The van der Waals surface area contributed by atoms with Crippen LogP contribution in [0.25, 0.3) is 11.2 Å². The lowest BCUT2D eigenvalue weighted by molar-refractivity contribution is -0.0583. The largest absolute Gasteiger partial charge is 0.394 e. The molecule has 3 N–H and O–H groups in total. The number of aliphatic hydroxyl groups is 2. The van der Waals surface area contributed by atoms with Gasteiger partial charge in [0.25, 0.3) is 0 Å². The number of hydrogen-bond acceptors (Lipinski definition) is 8. The van der Waals surface area contributed by atoms with Crippen LogP contribution in [0.15, 0.2) is 36.9 Å². The number of hydrogen-bond donors (Lipinski definition) is 3. The van der Waals surface area contributed by atoms with E-state index >= 15 is 0 Å². The van der Waals surface area contributed by atoms with Crippen LogP contribution in [0.1, 0.15) is 29.7 Å². The third kappa shape index (κ3) is 3.14. The summed E-state index contributed by atoms with van der Waals surface area (Å²) in [4.78, 5) is 13.3. The van der Waals surface area contributed by atoms with E-state index in [0.717, 1.165) is 19.4 Å². The van der Waals surface area contributed by atoms with Gasteiger partial charge in [-0.05, 0) is 24.0 Å². The fourth-order valence-electron chi connectivity index (χ4n) is 4.59. The molecule has 1 aromatic carbocycles. The zero-order valence-electron chi connectivity index (χ0n) is 16.7. The van der Waals surface area contributed by atoms with Crippen LogP contribution in [0.5, 0.6) is 0 Å². The molecule has 5 atom stereocenters. The zero-order valence-corrected chi connectivity index (χ0v) is 16.7. The molecule has 0 saturated carbocycles. The van der Waals surface area contributed by atoms with Gasteiger partial charge in [-0.15, -0.1) is 0 Å². The highest BCUT2D eigenvalue weighted by atomic mass is 16.6. The first kappa shape index (κ1) is 19.4. The molecule has 9 heteroatoms. The maximum atomic E-state index is 10.3. The normalized spacial score (nSPS) is 28.2. The number of benzene rings is 1. The Kier molecular flexibility index (Phi) is 5.11. The summed E-state index contributed by atoms with van der Waals surface area (Å²) in [5.74, 6) is 1.10. The van der Waals surface area contributed by atoms with Gasteiger partial charge in [0.05, 0.1) is 12.9 Å². The highest BCUT2D eigenvalue weighted by molar-refractivity contribution is 5.82. The number of aryl methyl sites for hydroxylation is 1. The average molecular weight is 411 g/mol. The van der Waals surface area contributed by atoms with E-state index in [1.807, 2.05) is 0 Å². The lowest BCUT2D eigenvalue weighted by Crippen LogP contribution is -2.34. The lowest BCUT2D eigenvalue weighted by atomic mass is 10.0. The summed E-state index contributed by atoms with van der Waals surface area (Å²) in [7, 11) is 1.50. The van der Waals surface area contributed by atoms with Crippen LogP contribution in [0.3, 0.4) is 0 Å². The maximum absolute atomic E-state index is 10.3. The number of methoxy groups -OCH3 is 1. The van der Waals surface area contributed by atoms with E-state index in [-0.39, 0.29) is 6.61 Å². The molecule has 0 radical (unpaired) electrons. The van der Waals surface area contributed by atoms with Crippen molar-refractivity contribution in [3.05, 3.63) is 48.0 Å². The molecule has 2 aliphatic rings. The monoisotopic (exact) mass is 411 g/mol. The second-order valence-electron chi connectivity index (χ2n) is 7.80. The van der Waals surface area contributed by atoms with Gasteiger partial charge in [-0.2, -0.15) is 0 Å². The van der Waals surface area contributed by atoms with Gasteiger partial charge in [-0.1, -0.05) is 24.3 Å². The Morgan fingerprint density at radius 1 is 1.27 bits per heavy atom. The number of aromatic nitrogens is 4. The Hall–Kier alpha value is -2.59. The van der Waals surface area contributed by atoms with Crippen molar-refractivity contribution >= 4 is 17.0 Å². The van der Waals surface area contributed by atoms with Gasteiger partial charge < -0.3 is 25.0 Å². The van der Waals surface area contributed by atoms with Crippen LogP contribution >= 0.6 is 0 Å². The van der Waals surface area contributed by atoms with Crippen molar-refractivity contribution in [3.8, 4) is 0 Å². The first-order chi connectivity index (χ1) is 14.7. The molecule has 9 nitrogen and oxygen atoms in total. The molecule has 3 heterocycles. The predicted octanol–water partition coefficient (Wildman–Crippen LogP) is 1.23. The third-order valence-electron chi connectivity index (χ3n) is 6.17. The van der Waals surface area contributed by atoms with E-state index in [2.05, 4.69) is 44.5 Å². The number of ether oxygens (including phenoxy) is 2. The number of anilines is 1. The minimum Gasteiger partial charge on any atom is -0.394 e. The second kappa shape index (κ2) is 7.92. The SMILES string of the molecule is COC1C(O)[C@@H](CO)O[C@H]1n1cnc2c(NCC3CCc4ccccc43)ncnc21. The van der Waals surface area contributed by atoms with E-state index in [4.69, 9.17) is 9.47 Å². The molecule has 0 bridgehead atoms. The van der Waals surface area contributed by atoms with Gasteiger partial charge >= 0.3 is 0 Å². The molecular formula is C21H25N5O4. The van der Waals surface area contributed by atoms with Crippen LogP contribution in [0.4, 0.5) is 5.82 Å². The summed E-state index contributed by atoms with van der Waals surface area (Å²) in [5, 5.41) is 23.2. The molecular weight excluding hydrogens is 386 g/mol. The predicted molar refractivity (Wildman–Crippen MR) is 109 cm³/mol. The van der Waals surface area contributed by atoms with Crippen LogP contribution in [0, 0.1) is 0 Å². The Labute approximate surface area is 173 Å². The van der Waals surface area contributed by atoms with Gasteiger partial charge in [0, 0.05) is 19.6 Å². The minimum atomic E-state index is -0.940. The number of nitrogens with one attached hydrogen (secondary N) is 1. The molecule has 0 amide bonds. The van der Waals surface area contributed by atoms with E-state index in [1.165, 1.54) is 24.6 Å². The first-order valence-corrected chi connectivity index (χ1v) is 10.2. The summed E-state index contributed by atoms with van der Waals surface area (Å²) >= 11 is 0. The number of rotatable bonds is 6. The topological polar surface area (TPSA) is 115 Å². The molecule has 5 rings (SSSR count). The number of fused-ring (bicyclic) bond motifs is 2. The third-order valence-corrected chi connectivity index (χ3v) is 6.17. The number of nitrogens with zero attached hydrogens (tertiary/aromatic N) is 4. The van der Waals surface area contributed by atoms with Crippen molar-refractivity contribution in [2.24, 2.45) is 0 Å². The standard InChI is InChI=1S/C21H25N5O4/c1-29-18-17(28)15(9-27)30-21(18)26-11-25-16-19(23-10-24-20(16)26)22-8-13-7-6-12-4-2-3-5-14(12)13/h2-5,10-11,13,15,17-18,21,27-28H,6-9H2,1H3,(H,22,23,24)/t13?,15-,17?,18?,21-/m1/s1. The van der Waals surface area contributed by atoms with Gasteiger partial charge in [-0.25, -0.2) is 15.0 Å². The molecule has 1 aliphatic heterocycles. The van der Waals surface area contributed by atoms with Gasteiger partial charge in [0.1, 0.15) is 24.6 Å². The molecule has 3 aromatic rings. The summed E-state index contributed by atoms with van der Waals surface area (Å²) in [6, 6.07) is 8.57. The Morgan fingerprint density at radius 2 is 2.13 bits per heavy atom. The minimum absolute atomic E-state index is 0.297. The first-order valence-electron chi connectivity index (χ1n) is 10.2. The van der Waals surface area contributed by atoms with Crippen molar-refractivity contribution in [3.63, 3.8) is 0 Å². The highest BCUT2D eigenvalue weighted by Crippen LogP contribution is 2.35. The van der Waals surface area contributed by atoms with Crippen molar-refractivity contribution < 1.29 is 19.7 Å². The molecule has 30 heavy (non-hydrogen) atoms. The fraction of sp³-hybridized carbons (Fsp3) is 0.476. The zero-order chi connectivity index (χ0) is 20.7. The molecule has 3 unspecified atom stereocenters. The maximum Gasteiger partial charge on any atom is 0.167 e. The second-order valence-corrected chi connectivity index (χ2v) is 7.80. The number of aliphatic hydroxyl groups excluding tert-OH is 2. The van der Waals surface area contributed by atoms with Crippen LogP contribution in [-0.2, 0) is 15.9 Å². The smallest absolute Gasteiger partial charge is 0.167 e. The van der Waals surface area contributed by atoms with Crippen LogP contribution < -0.4 is 5.32 Å². The van der Waals surface area contributed by atoms with Gasteiger partial charge in [-0.3, -0.25) is 4.57 Å². The van der Waals surface area contributed by atoms with Crippen LogP contribution in [0.2, 0.25) is 0 Å². The van der Waals surface area contributed by atoms with Crippen LogP contribution in [-0.4, -0.2) is 68.3 Å². The van der Waals surface area contributed by atoms with Crippen molar-refractivity contribution in [1.82, 2.24) is 19.5 Å². The molecule has 1 fully saturated rings. The average Bonchev–Trinajstić information content (AvgIpc) is 3.47. The number of imidazole rings is 1.